The van der Waals surface area contributed by atoms with Gasteiger partial charge in [-0.2, -0.15) is 0 Å². The van der Waals surface area contributed by atoms with E-state index in [2.05, 4.69) is 4.90 Å². The molecule has 0 aromatic heterocycles. The van der Waals surface area contributed by atoms with E-state index in [4.69, 9.17) is 5.73 Å². The van der Waals surface area contributed by atoms with Crippen LogP contribution >= 0.6 is 24.8 Å². The van der Waals surface area contributed by atoms with Gasteiger partial charge in [0.05, 0.1) is 0 Å². The smallest absolute Gasteiger partial charge is 0.0247 e. The van der Waals surface area contributed by atoms with Gasteiger partial charge >= 0.3 is 0 Å². The van der Waals surface area contributed by atoms with E-state index in [-0.39, 0.29) is 24.8 Å². The van der Waals surface area contributed by atoms with Gasteiger partial charge < -0.3 is 5.73 Å². The van der Waals surface area contributed by atoms with E-state index in [9.17, 15) is 0 Å². The van der Waals surface area contributed by atoms with Crippen LogP contribution in [0, 0.1) is 0 Å². The maximum Gasteiger partial charge on any atom is 0.0247 e. The second-order valence-electron chi connectivity index (χ2n) is 3.55. The molecule has 0 amide bonds. The van der Waals surface area contributed by atoms with E-state index in [1.807, 2.05) is 0 Å². The average molecular weight is 213 g/mol. The zero-order valence-electron chi connectivity index (χ0n) is 7.24. The van der Waals surface area contributed by atoms with Crippen molar-refractivity contribution in [1.82, 2.24) is 4.90 Å². The highest BCUT2D eigenvalue weighted by Crippen LogP contribution is 2.25. The second kappa shape index (κ2) is 5.28. The lowest BCUT2D eigenvalue weighted by atomic mass is 9.98. The molecular formula is C8H18Cl2N2. The number of piperidine rings is 1. The molecule has 4 heteroatoms. The van der Waals surface area contributed by atoms with Crippen molar-refractivity contribution in [2.75, 3.05) is 13.1 Å². The van der Waals surface area contributed by atoms with Crippen molar-refractivity contribution in [3.05, 3.63) is 0 Å². The summed E-state index contributed by atoms with van der Waals surface area (Å²) in [6, 6.07) is 1.23. The lowest BCUT2D eigenvalue weighted by Gasteiger charge is -2.34. The highest BCUT2D eigenvalue weighted by Gasteiger charge is 2.31. The van der Waals surface area contributed by atoms with Crippen LogP contribution in [0.15, 0.2) is 0 Å². The predicted molar refractivity (Wildman–Crippen MR) is 56.3 cm³/mol. The minimum Gasteiger partial charge on any atom is -0.326 e. The summed E-state index contributed by atoms with van der Waals surface area (Å²) >= 11 is 0. The molecule has 2 atom stereocenters. The number of hydrogen-bond donors (Lipinski definition) is 1. The van der Waals surface area contributed by atoms with Crippen molar-refractivity contribution < 1.29 is 0 Å². The summed E-state index contributed by atoms with van der Waals surface area (Å²) in [4.78, 5) is 2.56. The van der Waals surface area contributed by atoms with Crippen LogP contribution in [0.1, 0.15) is 25.7 Å². The van der Waals surface area contributed by atoms with Crippen LogP contribution in [0.4, 0.5) is 0 Å². The molecule has 2 N–H and O–H groups in total. The fourth-order valence-corrected chi connectivity index (χ4v) is 2.34. The van der Waals surface area contributed by atoms with Crippen LogP contribution in [0.25, 0.3) is 0 Å². The van der Waals surface area contributed by atoms with Crippen molar-refractivity contribution in [3.8, 4) is 0 Å². The first-order valence-corrected chi connectivity index (χ1v) is 4.37. The first kappa shape index (κ1) is 12.5. The third kappa shape index (κ3) is 2.25. The van der Waals surface area contributed by atoms with Gasteiger partial charge in [-0.05, 0) is 38.8 Å². The van der Waals surface area contributed by atoms with Crippen molar-refractivity contribution in [3.63, 3.8) is 0 Å². The van der Waals surface area contributed by atoms with E-state index in [0.29, 0.717) is 6.04 Å². The molecule has 74 valence electrons. The first-order chi connectivity index (χ1) is 4.88. The molecule has 0 bridgehead atoms. The highest BCUT2D eigenvalue weighted by atomic mass is 35.5. The molecule has 2 nitrogen and oxygen atoms in total. The molecule has 0 spiro atoms. The second-order valence-corrected chi connectivity index (χ2v) is 3.55. The Labute approximate surface area is 86.7 Å². The zero-order valence-corrected chi connectivity index (χ0v) is 8.87. The summed E-state index contributed by atoms with van der Waals surface area (Å²) in [6.07, 6.45) is 5.29. The van der Waals surface area contributed by atoms with Gasteiger partial charge in [-0.1, -0.05) is 0 Å². The molecule has 2 fully saturated rings. The molecule has 2 aliphatic heterocycles. The lowest BCUT2D eigenvalue weighted by Crippen LogP contribution is -2.48. The number of nitrogens with zero attached hydrogens (tertiary/aromatic N) is 1. The summed E-state index contributed by atoms with van der Waals surface area (Å²) in [7, 11) is 0. The maximum absolute atomic E-state index is 5.98. The number of hydrogen-bond acceptors (Lipinski definition) is 2. The summed E-state index contributed by atoms with van der Waals surface area (Å²) in [6.45, 7) is 2.61. The Balaban J connectivity index is 0.000000605. The molecule has 0 aromatic carbocycles. The normalized spacial score (nSPS) is 34.8. The zero-order chi connectivity index (χ0) is 6.97. The predicted octanol–water partition coefficient (Wildman–Crippen LogP) is 1.42. The largest absolute Gasteiger partial charge is 0.326 e. The van der Waals surface area contributed by atoms with Gasteiger partial charge in [0.1, 0.15) is 0 Å². The van der Waals surface area contributed by atoms with Gasteiger partial charge in [-0.3, -0.25) is 4.90 Å². The highest BCUT2D eigenvalue weighted by molar-refractivity contribution is 5.85. The van der Waals surface area contributed by atoms with Crippen LogP contribution in [0.2, 0.25) is 0 Å². The van der Waals surface area contributed by atoms with Crippen LogP contribution in [0.3, 0.4) is 0 Å². The Kier molecular flexibility index (Phi) is 5.50. The maximum atomic E-state index is 5.98. The quantitative estimate of drug-likeness (QED) is 0.659. The van der Waals surface area contributed by atoms with Crippen LogP contribution < -0.4 is 5.73 Å². The fourth-order valence-electron chi connectivity index (χ4n) is 2.34. The standard InChI is InChI=1S/C8H16N2.2ClH/c9-7-3-1-5-10-6-2-4-8(7)10;;/h7-8H,1-6,9H2;2*1H/t7-,8-;;/m0../s1. The summed E-state index contributed by atoms with van der Waals surface area (Å²) in [5, 5.41) is 0. The Morgan fingerprint density at radius 1 is 1.00 bits per heavy atom. The molecule has 0 unspecified atom stereocenters. The van der Waals surface area contributed by atoms with Crippen molar-refractivity contribution >= 4 is 24.8 Å². The SMILES string of the molecule is Cl.Cl.N[C@H]1CCCN2CCC[C@@H]12. The number of halogens is 2. The average Bonchev–Trinajstić information content (AvgIpc) is 2.36. The van der Waals surface area contributed by atoms with E-state index < -0.39 is 0 Å². The fraction of sp³-hybridized carbons (Fsp3) is 1.00. The molecular weight excluding hydrogens is 195 g/mol. The van der Waals surface area contributed by atoms with Gasteiger partial charge in [0.2, 0.25) is 0 Å². The lowest BCUT2D eigenvalue weighted by molar-refractivity contribution is 0.174. The van der Waals surface area contributed by atoms with Gasteiger partial charge in [0.25, 0.3) is 0 Å². The van der Waals surface area contributed by atoms with Crippen LogP contribution in [-0.2, 0) is 0 Å². The Hall–Kier alpha value is 0.500. The summed E-state index contributed by atoms with van der Waals surface area (Å²) in [5.74, 6) is 0. The first-order valence-electron chi connectivity index (χ1n) is 4.37. The topological polar surface area (TPSA) is 29.3 Å². The third-order valence-electron chi connectivity index (χ3n) is 2.89. The van der Waals surface area contributed by atoms with Gasteiger partial charge in [-0.15, -0.1) is 24.8 Å². The molecule has 2 aliphatic rings. The van der Waals surface area contributed by atoms with Crippen molar-refractivity contribution in [2.45, 2.75) is 37.8 Å². The van der Waals surface area contributed by atoms with Gasteiger partial charge in [0.15, 0.2) is 0 Å². The molecule has 0 saturated carbocycles. The summed E-state index contributed by atoms with van der Waals surface area (Å²) in [5.41, 5.74) is 5.98. The molecule has 0 aromatic rings. The third-order valence-corrected chi connectivity index (χ3v) is 2.89. The molecule has 0 radical (unpaired) electrons. The number of rotatable bonds is 0. The number of nitrogens with two attached hydrogens (primary N) is 1. The minimum atomic E-state index is 0. The monoisotopic (exact) mass is 212 g/mol. The van der Waals surface area contributed by atoms with Crippen LogP contribution in [0.5, 0.6) is 0 Å². The molecule has 0 aliphatic carbocycles. The number of fused-ring (bicyclic) bond motifs is 1. The van der Waals surface area contributed by atoms with E-state index in [1.165, 1.54) is 38.8 Å². The van der Waals surface area contributed by atoms with Crippen molar-refractivity contribution in [2.24, 2.45) is 5.73 Å². The Bertz CT molecular complexity index is 132. The molecule has 2 rings (SSSR count). The van der Waals surface area contributed by atoms with Crippen molar-refractivity contribution in [1.29, 1.82) is 0 Å². The Morgan fingerprint density at radius 2 is 1.58 bits per heavy atom. The molecule has 2 heterocycles. The molecule has 12 heavy (non-hydrogen) atoms. The Morgan fingerprint density at radius 3 is 2.17 bits per heavy atom. The van der Waals surface area contributed by atoms with Crippen LogP contribution in [-0.4, -0.2) is 30.1 Å². The van der Waals surface area contributed by atoms with E-state index in [1.54, 1.807) is 0 Å². The van der Waals surface area contributed by atoms with Gasteiger partial charge in [-0.25, -0.2) is 0 Å². The van der Waals surface area contributed by atoms with Gasteiger partial charge in [0, 0.05) is 12.1 Å². The van der Waals surface area contributed by atoms with E-state index >= 15 is 0 Å². The molecule has 2 saturated heterocycles. The minimum absolute atomic E-state index is 0. The van der Waals surface area contributed by atoms with E-state index in [0.717, 1.165) is 6.04 Å². The summed E-state index contributed by atoms with van der Waals surface area (Å²) < 4.78 is 0.